The van der Waals surface area contributed by atoms with Gasteiger partial charge < -0.3 is 9.47 Å². The second-order valence-corrected chi connectivity index (χ2v) is 7.40. The third-order valence-electron chi connectivity index (χ3n) is 1.93. The van der Waals surface area contributed by atoms with Gasteiger partial charge in [-0.25, -0.2) is 4.79 Å². The Bertz CT molecular complexity index is 494. The molecule has 20 heavy (non-hydrogen) atoms. The SMILES string of the molecule is COC(=O)N(N=Cc1cccc(OC)c1)SC(Cl)(Cl)Cl. The monoisotopic (exact) mass is 356 g/mol. The van der Waals surface area contributed by atoms with Crippen LogP contribution < -0.4 is 4.74 Å². The number of alkyl halides is 3. The molecule has 0 aliphatic heterocycles. The number of nitrogens with zero attached hydrogens (tertiary/aromatic N) is 2. The lowest BCUT2D eigenvalue weighted by Gasteiger charge is -2.18. The standard InChI is InChI=1S/C11H11Cl3N2O3S/c1-18-9-5-3-4-8(6-9)7-15-16(10(17)19-2)20-11(12,13)14/h3-7H,1-2H3. The van der Waals surface area contributed by atoms with E-state index in [1.54, 1.807) is 31.4 Å². The fourth-order valence-electron chi connectivity index (χ4n) is 1.13. The molecule has 5 nitrogen and oxygen atoms in total. The molecule has 1 aromatic rings. The molecule has 0 bridgehead atoms. The highest BCUT2D eigenvalue weighted by molar-refractivity contribution is 8.03. The average molecular weight is 358 g/mol. The quantitative estimate of drug-likeness (QED) is 0.353. The molecule has 0 aliphatic rings. The molecule has 0 unspecified atom stereocenters. The zero-order valence-corrected chi connectivity index (χ0v) is 13.6. The van der Waals surface area contributed by atoms with Crippen molar-refractivity contribution < 1.29 is 14.3 Å². The summed E-state index contributed by atoms with van der Waals surface area (Å²) in [6, 6.07) is 7.08. The molecule has 0 heterocycles. The van der Waals surface area contributed by atoms with E-state index in [-0.39, 0.29) is 0 Å². The van der Waals surface area contributed by atoms with Crippen molar-refractivity contribution in [3.8, 4) is 5.75 Å². The number of carbonyl (C=O) groups excluding carboxylic acids is 1. The first-order chi connectivity index (χ1) is 9.35. The van der Waals surface area contributed by atoms with Crippen molar-refractivity contribution in [2.45, 2.75) is 3.12 Å². The van der Waals surface area contributed by atoms with E-state index in [1.807, 2.05) is 0 Å². The summed E-state index contributed by atoms with van der Waals surface area (Å²) < 4.78 is 8.72. The molecule has 1 rings (SSSR count). The van der Waals surface area contributed by atoms with Crippen molar-refractivity contribution >= 4 is 59.1 Å². The summed E-state index contributed by atoms with van der Waals surface area (Å²) in [6.07, 6.45) is 0.656. The third-order valence-corrected chi connectivity index (χ3v) is 3.17. The second-order valence-electron chi connectivity index (χ2n) is 3.30. The maximum atomic E-state index is 11.5. The predicted molar refractivity (Wildman–Crippen MR) is 82.7 cm³/mol. The number of ether oxygens (including phenoxy) is 2. The Kier molecular flexibility index (Phi) is 6.75. The van der Waals surface area contributed by atoms with E-state index in [2.05, 4.69) is 9.84 Å². The second kappa shape index (κ2) is 7.83. The first-order valence-electron chi connectivity index (χ1n) is 5.17. The predicted octanol–water partition coefficient (Wildman–Crippen LogP) is 4.07. The van der Waals surface area contributed by atoms with Crippen LogP contribution >= 0.6 is 46.8 Å². The van der Waals surface area contributed by atoms with Gasteiger partial charge in [0.1, 0.15) is 5.75 Å². The van der Waals surface area contributed by atoms with Gasteiger partial charge in [0.25, 0.3) is 3.12 Å². The smallest absolute Gasteiger partial charge is 0.440 e. The lowest BCUT2D eigenvalue weighted by molar-refractivity contribution is 0.153. The Morgan fingerprint density at radius 2 is 2.10 bits per heavy atom. The number of carbonyl (C=O) groups is 1. The van der Waals surface area contributed by atoms with Gasteiger partial charge in [0, 0.05) is 11.9 Å². The average Bonchev–Trinajstić information content (AvgIpc) is 2.41. The zero-order valence-electron chi connectivity index (χ0n) is 10.5. The Labute approximate surface area is 135 Å². The van der Waals surface area contributed by atoms with Crippen LogP contribution in [0, 0.1) is 0 Å². The van der Waals surface area contributed by atoms with Crippen molar-refractivity contribution in [2.24, 2.45) is 5.10 Å². The lowest BCUT2D eigenvalue weighted by atomic mass is 10.2. The van der Waals surface area contributed by atoms with Crippen LogP contribution in [0.2, 0.25) is 0 Å². The summed E-state index contributed by atoms with van der Waals surface area (Å²) in [5.41, 5.74) is 0.711. The van der Waals surface area contributed by atoms with Gasteiger partial charge in [-0.2, -0.15) is 5.10 Å². The van der Waals surface area contributed by atoms with E-state index >= 15 is 0 Å². The van der Waals surface area contributed by atoms with Gasteiger partial charge in [0.15, 0.2) is 0 Å². The van der Waals surface area contributed by atoms with Gasteiger partial charge in [-0.15, -0.1) is 4.41 Å². The summed E-state index contributed by atoms with van der Waals surface area (Å²) in [4.78, 5) is 11.5. The number of halogens is 3. The Balaban J connectivity index is 2.87. The summed E-state index contributed by atoms with van der Waals surface area (Å²) >= 11 is 17.4. The van der Waals surface area contributed by atoms with Gasteiger partial charge in [0.2, 0.25) is 0 Å². The van der Waals surface area contributed by atoms with Crippen molar-refractivity contribution in [1.29, 1.82) is 0 Å². The molecule has 1 amide bonds. The number of methoxy groups -OCH3 is 2. The molecule has 0 saturated carbocycles. The first kappa shape index (κ1) is 17.2. The summed E-state index contributed by atoms with van der Waals surface area (Å²) in [7, 11) is 2.75. The first-order valence-corrected chi connectivity index (χ1v) is 7.08. The minimum Gasteiger partial charge on any atom is -0.497 e. The third kappa shape index (κ3) is 6.09. The molecular weight excluding hydrogens is 347 g/mol. The Hall–Kier alpha value is -0.820. The van der Waals surface area contributed by atoms with Gasteiger partial charge in [-0.3, -0.25) is 0 Å². The van der Waals surface area contributed by atoms with Gasteiger partial charge >= 0.3 is 6.09 Å². The normalized spacial score (nSPS) is 11.4. The maximum Gasteiger partial charge on any atom is 0.440 e. The molecule has 1 aromatic carbocycles. The number of hydrogen-bond donors (Lipinski definition) is 0. The van der Waals surface area contributed by atoms with Gasteiger partial charge in [-0.05, 0) is 17.7 Å². The molecule has 0 aliphatic carbocycles. The van der Waals surface area contributed by atoms with Crippen LogP contribution in [-0.4, -0.2) is 34.1 Å². The summed E-state index contributed by atoms with van der Waals surface area (Å²) in [6.45, 7) is 0. The van der Waals surface area contributed by atoms with Crippen LogP contribution in [0.15, 0.2) is 29.4 Å². The number of rotatable bonds is 4. The van der Waals surface area contributed by atoms with Crippen molar-refractivity contribution in [3.05, 3.63) is 29.8 Å². The highest BCUT2D eigenvalue weighted by atomic mass is 35.6. The summed E-state index contributed by atoms with van der Waals surface area (Å²) in [5.74, 6) is 0.660. The Morgan fingerprint density at radius 3 is 2.65 bits per heavy atom. The Morgan fingerprint density at radius 1 is 1.40 bits per heavy atom. The molecule has 0 aromatic heterocycles. The van der Waals surface area contributed by atoms with Gasteiger partial charge in [0.05, 0.1) is 20.4 Å². The fraction of sp³-hybridized carbons (Fsp3) is 0.273. The van der Waals surface area contributed by atoms with Crippen molar-refractivity contribution in [3.63, 3.8) is 0 Å². The zero-order chi connectivity index (χ0) is 15.2. The molecule has 0 fully saturated rings. The topological polar surface area (TPSA) is 51.1 Å². The molecule has 110 valence electrons. The van der Waals surface area contributed by atoms with E-state index in [9.17, 15) is 4.79 Å². The van der Waals surface area contributed by atoms with E-state index in [1.165, 1.54) is 13.3 Å². The molecule has 0 saturated heterocycles. The maximum absolute atomic E-state index is 11.5. The van der Waals surface area contributed by atoms with E-state index in [0.29, 0.717) is 23.3 Å². The number of hydrazone groups is 1. The molecule has 0 atom stereocenters. The molecule has 0 spiro atoms. The van der Waals surface area contributed by atoms with E-state index < -0.39 is 9.22 Å². The lowest BCUT2D eigenvalue weighted by Crippen LogP contribution is -2.22. The summed E-state index contributed by atoms with van der Waals surface area (Å²) in [5, 5.41) is 3.91. The van der Waals surface area contributed by atoms with Crippen molar-refractivity contribution in [1.82, 2.24) is 4.41 Å². The number of hydrogen-bond acceptors (Lipinski definition) is 5. The largest absolute Gasteiger partial charge is 0.497 e. The van der Waals surface area contributed by atoms with Crippen LogP contribution in [0.5, 0.6) is 5.75 Å². The van der Waals surface area contributed by atoms with Crippen LogP contribution in [0.4, 0.5) is 4.79 Å². The number of benzene rings is 1. The van der Waals surface area contributed by atoms with E-state index in [4.69, 9.17) is 39.5 Å². The fourth-order valence-corrected chi connectivity index (χ4v) is 2.15. The van der Waals surface area contributed by atoms with Crippen LogP contribution in [0.25, 0.3) is 0 Å². The molecule has 0 N–H and O–H groups in total. The van der Waals surface area contributed by atoms with Crippen molar-refractivity contribution in [2.75, 3.05) is 14.2 Å². The van der Waals surface area contributed by atoms with Crippen LogP contribution in [0.1, 0.15) is 5.56 Å². The molecule has 9 heteroatoms. The minimum absolute atomic E-state index is 0.590. The molecular formula is C11H11Cl3N2O3S. The van der Waals surface area contributed by atoms with E-state index in [0.717, 1.165) is 4.41 Å². The highest BCUT2D eigenvalue weighted by Crippen LogP contribution is 2.41. The minimum atomic E-state index is -1.74. The van der Waals surface area contributed by atoms with Crippen LogP contribution in [0.3, 0.4) is 0 Å². The van der Waals surface area contributed by atoms with Crippen LogP contribution in [-0.2, 0) is 4.74 Å². The highest BCUT2D eigenvalue weighted by Gasteiger charge is 2.29. The molecule has 0 radical (unpaired) electrons. The van der Waals surface area contributed by atoms with Gasteiger partial charge in [-0.1, -0.05) is 46.9 Å². The number of amides is 1.